The molecule has 13 heavy (non-hydrogen) atoms. The Hall–Kier alpha value is -0.290. The maximum atomic E-state index is 11.0. The highest BCUT2D eigenvalue weighted by atomic mass is 32.2. The molecule has 5 heteroatoms. The maximum Gasteiger partial charge on any atom is 0.412 e. The van der Waals surface area contributed by atoms with E-state index >= 15 is 0 Å². The minimum atomic E-state index is -0.445. The van der Waals surface area contributed by atoms with Crippen LogP contribution in [0.15, 0.2) is 0 Å². The molecule has 0 fully saturated rings. The first-order valence-electron chi connectivity index (χ1n) is 4.31. The average Bonchev–Trinajstić information content (AvgIpc) is 2.05. The molecule has 0 radical (unpaired) electrons. The summed E-state index contributed by atoms with van der Waals surface area (Å²) in [5.74, 6) is 0.855. The number of carbonyl (C=O) groups is 1. The molecule has 0 bridgehead atoms. The highest BCUT2D eigenvalue weighted by molar-refractivity contribution is 8.23. The van der Waals surface area contributed by atoms with Crippen molar-refractivity contribution in [1.29, 1.82) is 0 Å². The number of nitrogens with one attached hydrogen (secondary N) is 1. The molecule has 0 aromatic carbocycles. The molecule has 3 nitrogen and oxygen atoms in total. The minimum absolute atomic E-state index is 0.445. The molecule has 0 unspecified atom stereocenters. The van der Waals surface area contributed by atoms with Crippen LogP contribution in [0.5, 0.6) is 0 Å². The fourth-order valence-corrected chi connectivity index (χ4v) is 1.45. The minimum Gasteiger partial charge on any atom is -0.449 e. The average molecular weight is 221 g/mol. The second-order valence-corrected chi connectivity index (χ2v) is 4.28. The number of hydrogen-bond acceptors (Lipinski definition) is 4. The molecule has 0 aromatic rings. The van der Waals surface area contributed by atoms with E-state index in [1.54, 1.807) is 0 Å². The van der Waals surface area contributed by atoms with Gasteiger partial charge in [-0.15, -0.1) is 0 Å². The van der Waals surface area contributed by atoms with E-state index < -0.39 is 6.09 Å². The number of hydrogen-bond donors (Lipinski definition) is 1. The molecule has 0 heterocycles. The number of rotatable bonds is 4. The van der Waals surface area contributed by atoms with Crippen LogP contribution in [0.2, 0.25) is 0 Å². The summed E-state index contributed by atoms with van der Waals surface area (Å²) >= 11 is 6.28. The lowest BCUT2D eigenvalue weighted by atomic mass is 10.4. The summed E-state index contributed by atoms with van der Waals surface area (Å²) in [4.78, 5) is 11.0. The van der Waals surface area contributed by atoms with Gasteiger partial charge in [-0.1, -0.05) is 44.2 Å². The molecule has 1 N–H and O–H groups in total. The number of ether oxygens (including phenoxy) is 1. The third kappa shape index (κ3) is 8.05. The summed E-state index contributed by atoms with van der Waals surface area (Å²) < 4.78 is 5.32. The van der Waals surface area contributed by atoms with Gasteiger partial charge in [-0.2, -0.15) is 0 Å². The second-order valence-electron chi connectivity index (χ2n) is 2.33. The van der Waals surface area contributed by atoms with Crippen LogP contribution in [-0.2, 0) is 4.74 Å². The normalized spacial score (nSPS) is 9.38. The van der Waals surface area contributed by atoms with Gasteiger partial charge in [0.25, 0.3) is 0 Å². The first-order chi connectivity index (χ1) is 6.20. The molecular weight excluding hydrogens is 206 g/mol. The maximum absolute atomic E-state index is 11.0. The van der Waals surface area contributed by atoms with Crippen LogP contribution in [0.3, 0.4) is 0 Å². The molecule has 0 aliphatic rings. The largest absolute Gasteiger partial charge is 0.449 e. The lowest BCUT2D eigenvalue weighted by Crippen LogP contribution is -2.27. The number of unbranched alkanes of at least 4 members (excludes halogenated alkanes) is 1. The first kappa shape index (κ1) is 12.7. The van der Waals surface area contributed by atoms with Crippen molar-refractivity contribution >= 4 is 34.4 Å². The van der Waals surface area contributed by atoms with Crippen LogP contribution in [0.4, 0.5) is 4.79 Å². The van der Waals surface area contributed by atoms with Gasteiger partial charge in [0.15, 0.2) is 0 Å². The highest BCUT2D eigenvalue weighted by Crippen LogP contribution is 2.00. The zero-order valence-electron chi connectivity index (χ0n) is 7.96. The van der Waals surface area contributed by atoms with Crippen LogP contribution in [-0.4, -0.2) is 22.8 Å². The predicted octanol–water partition coefficient (Wildman–Crippen LogP) is 2.55. The molecule has 0 rings (SSSR count). The van der Waals surface area contributed by atoms with E-state index in [1.807, 2.05) is 13.8 Å². The summed E-state index contributed by atoms with van der Waals surface area (Å²) in [5, 5.41) is 2.47. The number of amides is 1. The van der Waals surface area contributed by atoms with Gasteiger partial charge < -0.3 is 4.74 Å². The van der Waals surface area contributed by atoms with Crippen molar-refractivity contribution < 1.29 is 9.53 Å². The molecule has 0 saturated heterocycles. The van der Waals surface area contributed by atoms with Gasteiger partial charge in [-0.3, -0.25) is 5.32 Å². The Labute approximate surface area is 88.6 Å². The van der Waals surface area contributed by atoms with Crippen LogP contribution >= 0.6 is 24.0 Å². The van der Waals surface area contributed by atoms with Crippen molar-refractivity contribution in [1.82, 2.24) is 5.32 Å². The van der Waals surface area contributed by atoms with E-state index in [0.717, 1.165) is 18.6 Å². The van der Waals surface area contributed by atoms with Crippen LogP contribution < -0.4 is 5.32 Å². The first-order valence-corrected chi connectivity index (χ1v) is 5.70. The highest BCUT2D eigenvalue weighted by Gasteiger charge is 2.03. The smallest absolute Gasteiger partial charge is 0.412 e. The summed E-state index contributed by atoms with van der Waals surface area (Å²) in [7, 11) is 0. The monoisotopic (exact) mass is 221 g/mol. The zero-order valence-corrected chi connectivity index (χ0v) is 9.59. The summed E-state index contributed by atoms with van der Waals surface area (Å²) in [5.41, 5.74) is 0. The Morgan fingerprint density at radius 3 is 2.77 bits per heavy atom. The van der Waals surface area contributed by atoms with E-state index in [-0.39, 0.29) is 0 Å². The van der Waals surface area contributed by atoms with Crippen molar-refractivity contribution in [3.8, 4) is 0 Å². The van der Waals surface area contributed by atoms with Crippen LogP contribution in [0.1, 0.15) is 26.7 Å². The van der Waals surface area contributed by atoms with Crippen LogP contribution in [0, 0.1) is 0 Å². The Morgan fingerprint density at radius 1 is 1.54 bits per heavy atom. The van der Waals surface area contributed by atoms with Crippen molar-refractivity contribution in [2.45, 2.75) is 26.7 Å². The Balaban J connectivity index is 3.44. The number of thiocarbonyl (C=S) groups is 1. The number of thioether (sulfide) groups is 1. The van der Waals surface area contributed by atoms with Gasteiger partial charge in [0.05, 0.1) is 6.61 Å². The van der Waals surface area contributed by atoms with Crippen molar-refractivity contribution in [2.24, 2.45) is 0 Å². The summed E-state index contributed by atoms with van der Waals surface area (Å²) in [6.45, 7) is 4.47. The van der Waals surface area contributed by atoms with Crippen molar-refractivity contribution in [2.75, 3.05) is 12.4 Å². The summed E-state index contributed by atoms with van der Waals surface area (Å²) in [6, 6.07) is 0. The summed E-state index contributed by atoms with van der Waals surface area (Å²) in [6.07, 6.45) is 1.46. The van der Waals surface area contributed by atoms with E-state index in [2.05, 4.69) is 5.32 Å². The zero-order chi connectivity index (χ0) is 10.1. The van der Waals surface area contributed by atoms with Gasteiger partial charge in [0, 0.05) is 0 Å². The lowest BCUT2D eigenvalue weighted by molar-refractivity contribution is 0.150. The van der Waals surface area contributed by atoms with E-state index in [0.29, 0.717) is 10.9 Å². The van der Waals surface area contributed by atoms with E-state index in [4.69, 9.17) is 17.0 Å². The van der Waals surface area contributed by atoms with Gasteiger partial charge in [-0.25, -0.2) is 4.79 Å². The molecule has 1 amide bonds. The van der Waals surface area contributed by atoms with Crippen molar-refractivity contribution in [3.63, 3.8) is 0 Å². The second kappa shape index (κ2) is 8.31. The third-order valence-corrected chi connectivity index (χ3v) is 2.32. The van der Waals surface area contributed by atoms with Gasteiger partial charge in [-0.05, 0) is 12.2 Å². The standard InChI is InChI=1S/C8H15NO2S2/c1-3-5-6-11-7(10)9-8(12)13-4-2/h3-6H2,1-2H3,(H,9,10,12). The quantitative estimate of drug-likeness (QED) is 0.585. The Bertz CT molecular complexity index is 174. The Kier molecular flexibility index (Phi) is 8.13. The number of carbonyl (C=O) groups excluding carboxylic acids is 1. The SMILES string of the molecule is CCCCOC(=O)NC(=S)SCC. The van der Waals surface area contributed by atoms with Gasteiger partial charge >= 0.3 is 6.09 Å². The molecule has 0 aromatic heterocycles. The molecular formula is C8H15NO2S2. The predicted molar refractivity (Wildman–Crippen MR) is 60.1 cm³/mol. The van der Waals surface area contributed by atoms with E-state index in [1.165, 1.54) is 11.8 Å². The lowest BCUT2D eigenvalue weighted by Gasteiger charge is -2.05. The molecule has 76 valence electrons. The fourth-order valence-electron chi connectivity index (χ4n) is 0.596. The molecule has 0 atom stereocenters. The Morgan fingerprint density at radius 2 is 2.23 bits per heavy atom. The molecule has 0 saturated carbocycles. The molecule has 0 spiro atoms. The molecule has 0 aliphatic heterocycles. The van der Waals surface area contributed by atoms with E-state index in [9.17, 15) is 4.79 Å². The van der Waals surface area contributed by atoms with Crippen LogP contribution in [0.25, 0.3) is 0 Å². The molecule has 0 aliphatic carbocycles. The van der Waals surface area contributed by atoms with Crippen molar-refractivity contribution in [3.05, 3.63) is 0 Å². The number of alkyl carbamates (subject to hydrolysis) is 1. The van der Waals surface area contributed by atoms with Gasteiger partial charge in [0.2, 0.25) is 0 Å². The topological polar surface area (TPSA) is 38.3 Å². The fraction of sp³-hybridized carbons (Fsp3) is 0.750. The third-order valence-electron chi connectivity index (χ3n) is 1.21. The van der Waals surface area contributed by atoms with Gasteiger partial charge in [0.1, 0.15) is 4.32 Å².